The molecule has 2 N–H and O–H groups in total. The van der Waals surface area contributed by atoms with Crippen molar-refractivity contribution in [3.05, 3.63) is 54.2 Å². The number of anilines is 1. The maximum Gasteiger partial charge on any atom is 0.319 e. The summed E-state index contributed by atoms with van der Waals surface area (Å²) < 4.78 is 12.6. The van der Waals surface area contributed by atoms with Crippen molar-refractivity contribution in [2.45, 2.75) is 6.54 Å². The quantitative estimate of drug-likeness (QED) is 0.778. The Morgan fingerprint density at radius 1 is 1.17 bits per heavy atom. The standard InChI is InChI=1S/C18H17N3O3/c1-21-8-7-13-14(3-2-4-15(13)21)20-18(22)19-10-12-5-6-16-17(9-12)24-11-23-16/h2-9H,10-11H2,1H3,(H2,19,20,22). The van der Waals surface area contributed by atoms with E-state index in [0.29, 0.717) is 12.3 Å². The molecule has 3 aromatic rings. The Balaban J connectivity index is 1.43. The van der Waals surface area contributed by atoms with E-state index in [1.165, 1.54) is 0 Å². The van der Waals surface area contributed by atoms with Crippen molar-refractivity contribution in [1.82, 2.24) is 9.88 Å². The van der Waals surface area contributed by atoms with E-state index >= 15 is 0 Å². The molecule has 6 heteroatoms. The van der Waals surface area contributed by atoms with Gasteiger partial charge in [-0.25, -0.2) is 4.79 Å². The number of hydrogen-bond acceptors (Lipinski definition) is 3. The van der Waals surface area contributed by atoms with E-state index in [1.807, 2.05) is 60.3 Å². The molecule has 24 heavy (non-hydrogen) atoms. The summed E-state index contributed by atoms with van der Waals surface area (Å²) in [5, 5.41) is 6.77. The number of amides is 2. The monoisotopic (exact) mass is 323 g/mol. The number of nitrogens with zero attached hydrogens (tertiary/aromatic N) is 1. The van der Waals surface area contributed by atoms with Crippen molar-refractivity contribution in [3.63, 3.8) is 0 Å². The van der Waals surface area contributed by atoms with Crippen LogP contribution in [0.25, 0.3) is 10.9 Å². The topological polar surface area (TPSA) is 64.5 Å². The maximum atomic E-state index is 12.2. The van der Waals surface area contributed by atoms with Crippen LogP contribution in [0.5, 0.6) is 11.5 Å². The van der Waals surface area contributed by atoms with Crippen LogP contribution in [0.2, 0.25) is 0 Å². The number of aryl methyl sites for hydroxylation is 1. The molecule has 2 heterocycles. The van der Waals surface area contributed by atoms with E-state index in [9.17, 15) is 4.79 Å². The van der Waals surface area contributed by atoms with E-state index in [-0.39, 0.29) is 12.8 Å². The van der Waals surface area contributed by atoms with Crippen molar-refractivity contribution < 1.29 is 14.3 Å². The van der Waals surface area contributed by atoms with E-state index in [1.54, 1.807) is 0 Å². The predicted molar refractivity (Wildman–Crippen MR) is 91.3 cm³/mol. The Bertz CT molecular complexity index is 917. The zero-order valence-corrected chi connectivity index (χ0v) is 13.2. The second-order valence-electron chi connectivity index (χ2n) is 5.66. The molecule has 2 aromatic carbocycles. The fraction of sp³-hybridized carbons (Fsp3) is 0.167. The number of hydrogen-bond donors (Lipinski definition) is 2. The predicted octanol–water partition coefficient (Wildman–Crippen LogP) is 3.23. The van der Waals surface area contributed by atoms with Crippen molar-refractivity contribution in [1.29, 1.82) is 0 Å². The van der Waals surface area contributed by atoms with Gasteiger partial charge in [-0.05, 0) is 35.9 Å². The minimum absolute atomic E-state index is 0.244. The van der Waals surface area contributed by atoms with Crippen LogP contribution in [0.1, 0.15) is 5.56 Å². The number of rotatable bonds is 3. The maximum absolute atomic E-state index is 12.2. The molecule has 2 amide bonds. The molecule has 0 fully saturated rings. The van der Waals surface area contributed by atoms with Gasteiger partial charge >= 0.3 is 6.03 Å². The largest absolute Gasteiger partial charge is 0.454 e. The smallest absolute Gasteiger partial charge is 0.319 e. The third kappa shape index (κ3) is 2.62. The molecule has 0 atom stereocenters. The van der Waals surface area contributed by atoms with Gasteiger partial charge < -0.3 is 24.7 Å². The van der Waals surface area contributed by atoms with Crippen LogP contribution in [-0.4, -0.2) is 17.4 Å². The molecule has 6 nitrogen and oxygen atoms in total. The fourth-order valence-corrected chi connectivity index (χ4v) is 2.81. The summed E-state index contributed by atoms with van der Waals surface area (Å²) in [6, 6.07) is 13.2. The number of nitrogens with one attached hydrogen (secondary N) is 2. The van der Waals surface area contributed by atoms with Crippen LogP contribution in [0.3, 0.4) is 0 Å². The normalized spacial score (nSPS) is 12.4. The summed E-state index contributed by atoms with van der Waals surface area (Å²) in [6.45, 7) is 0.654. The lowest BCUT2D eigenvalue weighted by Gasteiger charge is -2.09. The summed E-state index contributed by atoms with van der Waals surface area (Å²) in [5.41, 5.74) is 2.81. The first-order valence-corrected chi connectivity index (χ1v) is 7.68. The molecule has 122 valence electrons. The van der Waals surface area contributed by atoms with Crippen LogP contribution in [0.4, 0.5) is 10.5 Å². The lowest BCUT2D eigenvalue weighted by molar-refractivity contribution is 0.174. The van der Waals surface area contributed by atoms with Crippen LogP contribution in [-0.2, 0) is 13.6 Å². The van der Waals surface area contributed by atoms with E-state index < -0.39 is 0 Å². The zero-order chi connectivity index (χ0) is 16.5. The molecular formula is C18H17N3O3. The summed E-state index contributed by atoms with van der Waals surface area (Å²) >= 11 is 0. The first kappa shape index (κ1) is 14.4. The van der Waals surface area contributed by atoms with Gasteiger partial charge in [0.2, 0.25) is 6.79 Å². The molecule has 0 bridgehead atoms. The highest BCUT2D eigenvalue weighted by atomic mass is 16.7. The summed E-state index contributed by atoms with van der Waals surface area (Å²) in [7, 11) is 1.98. The third-order valence-corrected chi connectivity index (χ3v) is 4.07. The van der Waals surface area contributed by atoms with Gasteiger partial charge in [0.05, 0.1) is 5.69 Å². The van der Waals surface area contributed by atoms with Gasteiger partial charge in [0.25, 0.3) is 0 Å². The number of benzene rings is 2. The van der Waals surface area contributed by atoms with Crippen molar-refractivity contribution >= 4 is 22.6 Å². The molecule has 0 saturated carbocycles. The minimum atomic E-state index is -0.246. The second kappa shape index (κ2) is 5.81. The van der Waals surface area contributed by atoms with Gasteiger partial charge in [-0.1, -0.05) is 12.1 Å². The van der Waals surface area contributed by atoms with Crippen LogP contribution < -0.4 is 20.1 Å². The Morgan fingerprint density at radius 3 is 2.96 bits per heavy atom. The van der Waals surface area contributed by atoms with E-state index in [0.717, 1.165) is 27.9 Å². The van der Waals surface area contributed by atoms with Crippen molar-refractivity contribution in [3.8, 4) is 11.5 Å². The molecular weight excluding hydrogens is 306 g/mol. The average Bonchev–Trinajstić information content (AvgIpc) is 3.20. The van der Waals surface area contributed by atoms with Crippen LogP contribution in [0.15, 0.2) is 48.7 Å². The Labute approximate surface area is 139 Å². The minimum Gasteiger partial charge on any atom is -0.454 e. The molecule has 1 aliphatic heterocycles. The Hall–Kier alpha value is -3.15. The summed E-state index contributed by atoms with van der Waals surface area (Å²) in [4.78, 5) is 12.2. The molecule has 0 aliphatic carbocycles. The molecule has 0 saturated heterocycles. The molecule has 0 unspecified atom stereocenters. The molecule has 1 aromatic heterocycles. The Morgan fingerprint density at radius 2 is 2.04 bits per heavy atom. The van der Waals surface area contributed by atoms with Crippen molar-refractivity contribution in [2.24, 2.45) is 7.05 Å². The second-order valence-corrected chi connectivity index (χ2v) is 5.66. The highest BCUT2D eigenvalue weighted by molar-refractivity contribution is 6.00. The van der Waals surface area contributed by atoms with Gasteiger partial charge in [0.1, 0.15) is 0 Å². The van der Waals surface area contributed by atoms with Gasteiger partial charge in [-0.3, -0.25) is 0 Å². The van der Waals surface area contributed by atoms with E-state index in [2.05, 4.69) is 10.6 Å². The average molecular weight is 323 g/mol. The van der Waals surface area contributed by atoms with Crippen LogP contribution >= 0.6 is 0 Å². The highest BCUT2D eigenvalue weighted by Crippen LogP contribution is 2.32. The van der Waals surface area contributed by atoms with Gasteiger partial charge in [-0.15, -0.1) is 0 Å². The summed E-state index contributed by atoms with van der Waals surface area (Å²) in [5.74, 6) is 1.45. The lowest BCUT2D eigenvalue weighted by Crippen LogP contribution is -2.28. The van der Waals surface area contributed by atoms with Gasteiger partial charge in [0, 0.05) is 30.7 Å². The van der Waals surface area contributed by atoms with Gasteiger partial charge in [0.15, 0.2) is 11.5 Å². The van der Waals surface area contributed by atoms with Crippen LogP contribution in [0, 0.1) is 0 Å². The van der Waals surface area contributed by atoms with E-state index in [4.69, 9.17) is 9.47 Å². The number of ether oxygens (including phenoxy) is 2. The highest BCUT2D eigenvalue weighted by Gasteiger charge is 2.13. The molecule has 0 radical (unpaired) electrons. The number of aromatic nitrogens is 1. The Kier molecular flexibility index (Phi) is 3.49. The number of carbonyl (C=O) groups excluding carboxylic acids is 1. The lowest BCUT2D eigenvalue weighted by atomic mass is 10.2. The zero-order valence-electron chi connectivity index (χ0n) is 13.2. The number of fused-ring (bicyclic) bond motifs is 2. The van der Waals surface area contributed by atoms with Crippen molar-refractivity contribution in [2.75, 3.05) is 12.1 Å². The molecule has 0 spiro atoms. The van der Waals surface area contributed by atoms with Gasteiger partial charge in [-0.2, -0.15) is 0 Å². The molecule has 4 rings (SSSR count). The first-order chi connectivity index (χ1) is 11.7. The third-order valence-electron chi connectivity index (χ3n) is 4.07. The number of carbonyl (C=O) groups is 1. The first-order valence-electron chi connectivity index (χ1n) is 7.68. The molecule has 1 aliphatic rings. The summed E-state index contributed by atoms with van der Waals surface area (Å²) in [6.07, 6.45) is 1.97. The number of urea groups is 1. The SMILES string of the molecule is Cn1ccc2c(NC(=O)NCc3ccc4c(c3)OCO4)cccc21. The fourth-order valence-electron chi connectivity index (χ4n) is 2.81.